The molecule has 6 heteroatoms. The number of hydrogen-bond donors (Lipinski definition) is 5. The van der Waals surface area contributed by atoms with Crippen molar-refractivity contribution in [2.45, 2.75) is 12.2 Å². The summed E-state index contributed by atoms with van der Waals surface area (Å²) in [5.74, 6) is 0. The average Bonchev–Trinajstić information content (AvgIpc) is 2.27. The Kier molecular flexibility index (Phi) is 4.24. The summed E-state index contributed by atoms with van der Waals surface area (Å²) in [4.78, 5) is 10.5. The molecule has 0 aromatic heterocycles. The van der Waals surface area contributed by atoms with E-state index in [1.54, 1.807) is 0 Å². The van der Waals surface area contributed by atoms with E-state index in [0.717, 1.165) is 0 Å². The third kappa shape index (κ3) is 3.20. The number of anilines is 1. The van der Waals surface area contributed by atoms with Gasteiger partial charge in [-0.25, -0.2) is 4.79 Å². The van der Waals surface area contributed by atoms with Crippen molar-refractivity contribution in [3.63, 3.8) is 0 Å². The highest BCUT2D eigenvalue weighted by Crippen LogP contribution is 2.19. The molecule has 2 unspecified atom stereocenters. The number of aliphatic hydroxyl groups excluding tert-OH is 3. The molecule has 0 aliphatic carbocycles. The number of aliphatic hydroxyl groups is 3. The van der Waals surface area contributed by atoms with Crippen LogP contribution in [0.4, 0.5) is 10.5 Å². The number of primary amides is 1. The Hall–Kier alpha value is -1.63. The molecule has 0 aliphatic heterocycles. The van der Waals surface area contributed by atoms with Crippen molar-refractivity contribution in [3.8, 4) is 0 Å². The number of nitrogens with one attached hydrogen (secondary N) is 1. The Morgan fingerprint density at radius 1 is 1.31 bits per heavy atom. The van der Waals surface area contributed by atoms with Crippen LogP contribution in [0.15, 0.2) is 24.3 Å². The standard InChI is InChI=1S/C10H14N2O4/c11-10(16)12-7-3-1-6(2-4-7)9(15)8(14)5-13/h1-4,8-9,13-15H,5H2,(H3,11,12,16). The molecule has 0 saturated carbocycles. The van der Waals surface area contributed by atoms with E-state index in [2.05, 4.69) is 5.32 Å². The molecule has 0 spiro atoms. The van der Waals surface area contributed by atoms with Crippen molar-refractivity contribution in [3.05, 3.63) is 29.8 Å². The number of carbonyl (C=O) groups is 1. The molecule has 88 valence electrons. The van der Waals surface area contributed by atoms with Gasteiger partial charge < -0.3 is 26.4 Å². The largest absolute Gasteiger partial charge is 0.394 e. The maximum atomic E-state index is 10.5. The number of benzene rings is 1. The van der Waals surface area contributed by atoms with E-state index in [-0.39, 0.29) is 0 Å². The minimum absolute atomic E-state index is 0.441. The third-order valence-corrected chi connectivity index (χ3v) is 2.07. The molecule has 0 bridgehead atoms. The van der Waals surface area contributed by atoms with Gasteiger partial charge in [-0.05, 0) is 17.7 Å². The first-order valence-corrected chi connectivity index (χ1v) is 4.68. The molecule has 0 fully saturated rings. The number of carbonyl (C=O) groups excluding carboxylic acids is 1. The monoisotopic (exact) mass is 226 g/mol. The minimum atomic E-state index is -1.23. The number of urea groups is 1. The molecule has 1 aromatic carbocycles. The van der Waals surface area contributed by atoms with Crippen LogP contribution in [0.5, 0.6) is 0 Å². The molecule has 2 atom stereocenters. The van der Waals surface area contributed by atoms with Crippen LogP contribution in [0.2, 0.25) is 0 Å². The molecular formula is C10H14N2O4. The molecule has 1 aromatic rings. The first-order valence-electron chi connectivity index (χ1n) is 4.68. The van der Waals surface area contributed by atoms with Crippen LogP contribution in [-0.4, -0.2) is 34.1 Å². The Bertz CT molecular complexity index is 352. The van der Waals surface area contributed by atoms with Gasteiger partial charge in [0.15, 0.2) is 0 Å². The van der Waals surface area contributed by atoms with Crippen LogP contribution in [0.25, 0.3) is 0 Å². The van der Waals surface area contributed by atoms with E-state index in [9.17, 15) is 15.0 Å². The van der Waals surface area contributed by atoms with Crippen LogP contribution in [0.1, 0.15) is 11.7 Å². The van der Waals surface area contributed by atoms with Crippen LogP contribution in [-0.2, 0) is 0 Å². The number of nitrogens with two attached hydrogens (primary N) is 1. The lowest BCUT2D eigenvalue weighted by Gasteiger charge is -2.16. The van der Waals surface area contributed by atoms with Crippen LogP contribution in [0, 0.1) is 0 Å². The van der Waals surface area contributed by atoms with Crippen molar-refractivity contribution < 1.29 is 20.1 Å². The maximum Gasteiger partial charge on any atom is 0.316 e. The van der Waals surface area contributed by atoms with Gasteiger partial charge in [0.25, 0.3) is 0 Å². The van der Waals surface area contributed by atoms with Crippen molar-refractivity contribution >= 4 is 11.7 Å². The Balaban J connectivity index is 2.74. The van der Waals surface area contributed by atoms with E-state index in [1.165, 1.54) is 24.3 Å². The molecule has 6 nitrogen and oxygen atoms in total. The quantitative estimate of drug-likeness (QED) is 0.478. The van der Waals surface area contributed by atoms with Gasteiger partial charge in [0.1, 0.15) is 12.2 Å². The predicted molar refractivity (Wildman–Crippen MR) is 57.7 cm³/mol. The van der Waals surface area contributed by atoms with Gasteiger partial charge in [-0.2, -0.15) is 0 Å². The van der Waals surface area contributed by atoms with E-state index >= 15 is 0 Å². The molecule has 0 heterocycles. The number of hydrogen-bond acceptors (Lipinski definition) is 4. The van der Waals surface area contributed by atoms with Crippen molar-refractivity contribution in [1.29, 1.82) is 0 Å². The van der Waals surface area contributed by atoms with E-state index in [1.807, 2.05) is 0 Å². The predicted octanol–water partition coefficient (Wildman–Crippen LogP) is -0.436. The Labute approximate surface area is 92.3 Å². The van der Waals surface area contributed by atoms with Crippen LogP contribution >= 0.6 is 0 Å². The Morgan fingerprint density at radius 3 is 2.31 bits per heavy atom. The van der Waals surface area contributed by atoms with Gasteiger partial charge >= 0.3 is 6.03 Å². The van der Waals surface area contributed by atoms with Crippen molar-refractivity contribution in [2.75, 3.05) is 11.9 Å². The van der Waals surface area contributed by atoms with Crippen LogP contribution in [0.3, 0.4) is 0 Å². The highest BCUT2D eigenvalue weighted by Gasteiger charge is 2.16. The minimum Gasteiger partial charge on any atom is -0.394 e. The summed E-state index contributed by atoms with van der Waals surface area (Å²) in [6.45, 7) is -0.525. The fourth-order valence-electron chi connectivity index (χ4n) is 1.23. The SMILES string of the molecule is NC(=O)Nc1ccc(C(O)C(O)CO)cc1. The third-order valence-electron chi connectivity index (χ3n) is 2.07. The summed E-state index contributed by atoms with van der Waals surface area (Å²) in [5.41, 5.74) is 5.85. The zero-order valence-corrected chi connectivity index (χ0v) is 8.50. The zero-order valence-electron chi connectivity index (χ0n) is 8.50. The van der Waals surface area contributed by atoms with Crippen molar-refractivity contribution in [2.24, 2.45) is 5.73 Å². The van der Waals surface area contributed by atoms with Gasteiger partial charge in [-0.3, -0.25) is 0 Å². The fourth-order valence-corrected chi connectivity index (χ4v) is 1.23. The summed E-state index contributed by atoms with van der Waals surface area (Å²) in [5, 5.41) is 29.8. The smallest absolute Gasteiger partial charge is 0.316 e. The normalized spacial score (nSPS) is 14.2. The molecule has 6 N–H and O–H groups in total. The highest BCUT2D eigenvalue weighted by atomic mass is 16.4. The molecule has 16 heavy (non-hydrogen) atoms. The second-order valence-corrected chi connectivity index (χ2v) is 3.31. The van der Waals surface area contributed by atoms with Gasteiger partial charge in [0.2, 0.25) is 0 Å². The lowest BCUT2D eigenvalue weighted by Crippen LogP contribution is -2.22. The van der Waals surface area contributed by atoms with E-state index in [0.29, 0.717) is 11.3 Å². The zero-order chi connectivity index (χ0) is 12.1. The topological polar surface area (TPSA) is 116 Å². The lowest BCUT2D eigenvalue weighted by atomic mass is 10.0. The van der Waals surface area contributed by atoms with Crippen molar-refractivity contribution in [1.82, 2.24) is 0 Å². The second kappa shape index (κ2) is 5.45. The summed E-state index contributed by atoms with van der Waals surface area (Å²) in [7, 11) is 0. The average molecular weight is 226 g/mol. The fraction of sp³-hybridized carbons (Fsp3) is 0.300. The molecule has 0 aliphatic rings. The van der Waals surface area contributed by atoms with Gasteiger partial charge in [0, 0.05) is 5.69 Å². The molecule has 2 amide bonds. The van der Waals surface area contributed by atoms with E-state index in [4.69, 9.17) is 10.8 Å². The molecule has 0 radical (unpaired) electrons. The molecule has 0 saturated heterocycles. The van der Waals surface area contributed by atoms with Gasteiger partial charge in [-0.15, -0.1) is 0 Å². The summed E-state index contributed by atoms with van der Waals surface area (Å²) in [6, 6.07) is 5.44. The van der Waals surface area contributed by atoms with E-state index < -0.39 is 24.8 Å². The summed E-state index contributed by atoms with van der Waals surface area (Å²) < 4.78 is 0. The maximum absolute atomic E-state index is 10.5. The van der Waals surface area contributed by atoms with Gasteiger partial charge in [0.05, 0.1) is 6.61 Å². The summed E-state index contributed by atoms with van der Waals surface area (Å²) >= 11 is 0. The first-order chi connectivity index (χ1) is 7.54. The first kappa shape index (κ1) is 12.4. The number of amides is 2. The highest BCUT2D eigenvalue weighted by molar-refractivity contribution is 5.87. The Morgan fingerprint density at radius 2 is 1.88 bits per heavy atom. The van der Waals surface area contributed by atoms with Crippen LogP contribution < -0.4 is 11.1 Å². The lowest BCUT2D eigenvalue weighted by molar-refractivity contribution is -0.0152. The summed E-state index contributed by atoms with van der Waals surface area (Å²) in [6.07, 6.45) is -2.39. The molecular weight excluding hydrogens is 212 g/mol. The second-order valence-electron chi connectivity index (χ2n) is 3.31. The molecule has 1 rings (SSSR count). The number of rotatable bonds is 4. The van der Waals surface area contributed by atoms with Gasteiger partial charge in [-0.1, -0.05) is 12.1 Å².